The van der Waals surface area contributed by atoms with E-state index in [1.807, 2.05) is 55.5 Å². The minimum Gasteiger partial charge on any atom is -0.334 e. The van der Waals surface area contributed by atoms with Crippen LogP contribution in [0.25, 0.3) is 0 Å². The number of anilines is 1. The Morgan fingerprint density at radius 2 is 1.64 bits per heavy atom. The van der Waals surface area contributed by atoms with Gasteiger partial charge in [0.25, 0.3) is 0 Å². The van der Waals surface area contributed by atoms with Crippen LogP contribution in [0.3, 0.4) is 0 Å². The van der Waals surface area contributed by atoms with Crippen LogP contribution in [0.2, 0.25) is 0 Å². The Balaban J connectivity index is 1.45. The minimum atomic E-state index is -0.215. The highest BCUT2D eigenvalue weighted by molar-refractivity contribution is 5.94. The molecule has 0 heterocycles. The lowest BCUT2D eigenvalue weighted by Crippen LogP contribution is -2.34. The van der Waals surface area contributed by atoms with Gasteiger partial charge in [-0.2, -0.15) is 0 Å². The van der Waals surface area contributed by atoms with Crippen molar-refractivity contribution in [2.75, 3.05) is 5.32 Å². The third-order valence-corrected chi connectivity index (χ3v) is 4.17. The molecule has 0 aliphatic heterocycles. The Labute approximate surface area is 147 Å². The van der Waals surface area contributed by atoms with Crippen LogP contribution in [0.15, 0.2) is 48.5 Å². The summed E-state index contributed by atoms with van der Waals surface area (Å²) in [5.74, 6) is 0.260. The fraction of sp³-hybridized carbons (Fsp3) is 0.300. The molecule has 3 amide bonds. The second kappa shape index (κ2) is 7.83. The molecule has 1 fully saturated rings. The van der Waals surface area contributed by atoms with E-state index in [0.717, 1.165) is 29.7 Å². The second-order valence-corrected chi connectivity index (χ2v) is 6.49. The summed E-state index contributed by atoms with van der Waals surface area (Å²) in [6.07, 6.45) is 1.96. The van der Waals surface area contributed by atoms with Crippen LogP contribution in [0.4, 0.5) is 10.5 Å². The number of urea groups is 1. The minimum absolute atomic E-state index is 0.0842. The van der Waals surface area contributed by atoms with Gasteiger partial charge >= 0.3 is 6.03 Å². The second-order valence-electron chi connectivity index (χ2n) is 6.49. The van der Waals surface area contributed by atoms with Gasteiger partial charge in [0.05, 0.1) is 0 Å². The maximum absolute atomic E-state index is 11.9. The number of benzene rings is 2. The summed E-state index contributed by atoms with van der Waals surface area (Å²) in [6, 6.07) is 15.4. The molecule has 1 aliphatic rings. The first-order valence-corrected chi connectivity index (χ1v) is 8.57. The summed E-state index contributed by atoms with van der Waals surface area (Å²) in [6.45, 7) is 2.93. The van der Waals surface area contributed by atoms with E-state index < -0.39 is 0 Å². The molecular formula is C20H23N3O2. The summed E-state index contributed by atoms with van der Waals surface area (Å²) >= 11 is 0. The Hall–Kier alpha value is -2.82. The molecule has 0 aromatic heterocycles. The van der Waals surface area contributed by atoms with Gasteiger partial charge in [0.1, 0.15) is 0 Å². The van der Waals surface area contributed by atoms with Gasteiger partial charge in [-0.3, -0.25) is 4.79 Å². The molecule has 0 saturated heterocycles. The molecule has 2 aromatic carbocycles. The zero-order valence-electron chi connectivity index (χ0n) is 14.3. The van der Waals surface area contributed by atoms with E-state index in [9.17, 15) is 9.59 Å². The van der Waals surface area contributed by atoms with Gasteiger partial charge in [0.2, 0.25) is 5.91 Å². The number of carbonyl (C=O) groups is 2. The lowest BCUT2D eigenvalue weighted by molar-refractivity contribution is -0.117. The number of aryl methyl sites for hydroxylation is 1. The van der Waals surface area contributed by atoms with E-state index in [-0.39, 0.29) is 17.9 Å². The molecular weight excluding hydrogens is 314 g/mol. The maximum Gasteiger partial charge on any atom is 0.315 e. The molecule has 130 valence electrons. The van der Waals surface area contributed by atoms with Crippen molar-refractivity contribution in [1.82, 2.24) is 10.6 Å². The van der Waals surface area contributed by atoms with Gasteiger partial charge in [0, 0.05) is 24.7 Å². The quantitative estimate of drug-likeness (QED) is 0.756. The maximum atomic E-state index is 11.9. The van der Waals surface area contributed by atoms with Crippen molar-refractivity contribution in [2.24, 2.45) is 5.92 Å². The Bertz CT molecular complexity index is 752. The van der Waals surface area contributed by atoms with Crippen molar-refractivity contribution in [1.29, 1.82) is 0 Å². The molecule has 25 heavy (non-hydrogen) atoms. The molecule has 1 aliphatic carbocycles. The zero-order chi connectivity index (χ0) is 17.6. The van der Waals surface area contributed by atoms with Crippen LogP contribution in [0, 0.1) is 12.8 Å². The molecule has 2 aromatic rings. The van der Waals surface area contributed by atoms with Gasteiger partial charge in [0.15, 0.2) is 0 Å². The lowest BCUT2D eigenvalue weighted by Gasteiger charge is -2.10. The van der Waals surface area contributed by atoms with E-state index in [4.69, 9.17) is 0 Å². The highest BCUT2D eigenvalue weighted by Gasteiger charge is 2.29. The molecule has 3 rings (SSSR count). The zero-order valence-corrected chi connectivity index (χ0v) is 14.3. The predicted octanol–water partition coefficient (Wildman–Crippen LogP) is 3.34. The number of nitrogens with one attached hydrogen (secondary N) is 3. The molecule has 0 spiro atoms. The molecule has 0 bridgehead atoms. The van der Waals surface area contributed by atoms with Crippen LogP contribution < -0.4 is 16.0 Å². The molecule has 0 radical (unpaired) electrons. The van der Waals surface area contributed by atoms with E-state index in [2.05, 4.69) is 16.0 Å². The van der Waals surface area contributed by atoms with Crippen molar-refractivity contribution in [3.8, 4) is 0 Å². The van der Waals surface area contributed by atoms with Crippen molar-refractivity contribution in [2.45, 2.75) is 32.9 Å². The van der Waals surface area contributed by atoms with Gasteiger partial charge in [-0.25, -0.2) is 4.79 Å². The van der Waals surface area contributed by atoms with E-state index in [1.54, 1.807) is 0 Å². The van der Waals surface area contributed by atoms with Crippen LogP contribution in [-0.4, -0.2) is 11.9 Å². The first-order chi connectivity index (χ1) is 12.1. The van der Waals surface area contributed by atoms with Crippen LogP contribution in [0.1, 0.15) is 29.5 Å². The van der Waals surface area contributed by atoms with Crippen LogP contribution in [0.5, 0.6) is 0 Å². The number of carbonyl (C=O) groups excluding carboxylic acids is 2. The normalized spacial score (nSPS) is 13.2. The van der Waals surface area contributed by atoms with Gasteiger partial charge in [-0.05, 0) is 43.0 Å². The highest BCUT2D eigenvalue weighted by Crippen LogP contribution is 2.30. The smallest absolute Gasteiger partial charge is 0.315 e. The average molecular weight is 337 g/mol. The third kappa shape index (κ3) is 5.35. The van der Waals surface area contributed by atoms with Gasteiger partial charge < -0.3 is 16.0 Å². The Morgan fingerprint density at radius 1 is 0.960 bits per heavy atom. The summed E-state index contributed by atoms with van der Waals surface area (Å²) < 4.78 is 0. The summed E-state index contributed by atoms with van der Waals surface area (Å²) in [5, 5.41) is 8.59. The Kier molecular flexibility index (Phi) is 5.33. The fourth-order valence-corrected chi connectivity index (χ4v) is 2.48. The van der Waals surface area contributed by atoms with Gasteiger partial charge in [-0.1, -0.05) is 42.0 Å². The fourth-order valence-electron chi connectivity index (χ4n) is 2.48. The first kappa shape index (κ1) is 17.0. The number of hydrogen-bond acceptors (Lipinski definition) is 2. The van der Waals surface area contributed by atoms with Crippen LogP contribution in [-0.2, 0) is 17.9 Å². The standard InChI is InChI=1S/C20H23N3O2/c1-14-5-7-15(8-6-14)12-21-20(25)22-13-16-3-2-4-18(11-16)23-19(24)17-9-10-17/h2-8,11,17H,9-10,12-13H2,1H3,(H,23,24)(H2,21,22,25). The largest absolute Gasteiger partial charge is 0.334 e. The molecule has 0 unspecified atom stereocenters. The van der Waals surface area contributed by atoms with Crippen LogP contribution >= 0.6 is 0 Å². The number of hydrogen-bond donors (Lipinski definition) is 3. The summed E-state index contributed by atoms with van der Waals surface area (Å²) in [5.41, 5.74) is 3.97. The molecule has 5 heteroatoms. The SMILES string of the molecule is Cc1ccc(CNC(=O)NCc2cccc(NC(=O)C3CC3)c2)cc1. The van der Waals surface area contributed by atoms with Crippen molar-refractivity contribution >= 4 is 17.6 Å². The topological polar surface area (TPSA) is 70.2 Å². The van der Waals surface area contributed by atoms with Crippen molar-refractivity contribution in [3.63, 3.8) is 0 Å². The van der Waals surface area contributed by atoms with E-state index in [0.29, 0.717) is 13.1 Å². The number of rotatable bonds is 6. The highest BCUT2D eigenvalue weighted by atomic mass is 16.2. The lowest BCUT2D eigenvalue weighted by atomic mass is 10.1. The predicted molar refractivity (Wildman–Crippen MR) is 98.1 cm³/mol. The number of amides is 3. The summed E-state index contributed by atoms with van der Waals surface area (Å²) in [4.78, 5) is 23.7. The first-order valence-electron chi connectivity index (χ1n) is 8.57. The van der Waals surface area contributed by atoms with Crippen molar-refractivity contribution in [3.05, 3.63) is 65.2 Å². The third-order valence-electron chi connectivity index (χ3n) is 4.17. The molecule has 1 saturated carbocycles. The molecule has 0 atom stereocenters. The Morgan fingerprint density at radius 3 is 2.32 bits per heavy atom. The summed E-state index contributed by atoms with van der Waals surface area (Å²) in [7, 11) is 0. The van der Waals surface area contributed by atoms with Gasteiger partial charge in [-0.15, -0.1) is 0 Å². The van der Waals surface area contributed by atoms with Crippen molar-refractivity contribution < 1.29 is 9.59 Å². The van der Waals surface area contributed by atoms with E-state index >= 15 is 0 Å². The van der Waals surface area contributed by atoms with E-state index in [1.165, 1.54) is 5.56 Å². The molecule has 3 N–H and O–H groups in total. The molecule has 5 nitrogen and oxygen atoms in total. The average Bonchev–Trinajstić information content (AvgIpc) is 3.45. The monoisotopic (exact) mass is 337 g/mol.